The van der Waals surface area contributed by atoms with Crippen molar-refractivity contribution in [2.45, 2.75) is 46.6 Å². The minimum Gasteiger partial charge on any atom is -0.354 e. The second-order valence-electron chi connectivity index (χ2n) is 8.42. The number of carbonyl (C=O) groups excluding carboxylic acids is 2. The number of aromatic nitrogens is 4. The molecule has 0 spiro atoms. The van der Waals surface area contributed by atoms with Gasteiger partial charge in [0.25, 0.3) is 0 Å². The van der Waals surface area contributed by atoms with Crippen molar-refractivity contribution in [2.24, 2.45) is 5.92 Å². The summed E-state index contributed by atoms with van der Waals surface area (Å²) < 4.78 is 2.01. The largest absolute Gasteiger partial charge is 0.354 e. The third-order valence-corrected chi connectivity index (χ3v) is 6.21. The average Bonchev–Trinajstić information content (AvgIpc) is 3.47. The number of aryl methyl sites for hydroxylation is 4. The number of aromatic amines is 1. The van der Waals surface area contributed by atoms with Gasteiger partial charge in [0.05, 0.1) is 17.0 Å². The highest BCUT2D eigenvalue weighted by Crippen LogP contribution is 2.20. The van der Waals surface area contributed by atoms with Crippen LogP contribution in [0.25, 0.3) is 11.0 Å². The number of likely N-dealkylation sites (tertiary alicyclic amines) is 1. The second-order valence-corrected chi connectivity index (χ2v) is 8.42. The molecule has 1 atom stereocenters. The maximum absolute atomic E-state index is 12.7. The second kappa shape index (κ2) is 8.91. The Bertz CT molecular complexity index is 1060. The van der Waals surface area contributed by atoms with Gasteiger partial charge in [-0.05, 0) is 50.5 Å². The molecule has 8 nitrogen and oxygen atoms in total. The van der Waals surface area contributed by atoms with Gasteiger partial charge < -0.3 is 19.8 Å². The van der Waals surface area contributed by atoms with Gasteiger partial charge >= 0.3 is 0 Å². The molecule has 2 N–H and O–H groups in total. The fourth-order valence-corrected chi connectivity index (χ4v) is 4.11. The first-order chi connectivity index (χ1) is 14.9. The Hall–Kier alpha value is -3.16. The van der Waals surface area contributed by atoms with Crippen molar-refractivity contribution >= 4 is 22.8 Å². The number of imidazole rings is 2. The molecule has 2 amide bonds. The van der Waals surface area contributed by atoms with E-state index in [2.05, 4.69) is 46.2 Å². The van der Waals surface area contributed by atoms with Gasteiger partial charge in [0.2, 0.25) is 11.8 Å². The van der Waals surface area contributed by atoms with E-state index >= 15 is 0 Å². The Morgan fingerprint density at radius 2 is 2.03 bits per heavy atom. The van der Waals surface area contributed by atoms with E-state index in [0.717, 1.165) is 22.7 Å². The smallest absolute Gasteiger partial charge is 0.225 e. The molecule has 0 radical (unpaired) electrons. The van der Waals surface area contributed by atoms with Gasteiger partial charge in [0.15, 0.2) is 0 Å². The predicted molar refractivity (Wildman–Crippen MR) is 119 cm³/mol. The molecule has 8 heteroatoms. The first-order valence-electron chi connectivity index (χ1n) is 10.9. The number of carbonyl (C=O) groups is 2. The van der Waals surface area contributed by atoms with Crippen molar-refractivity contribution in [3.05, 3.63) is 47.3 Å². The minimum absolute atomic E-state index is 0.0242. The number of nitrogens with one attached hydrogen (secondary N) is 2. The molecule has 1 aromatic carbocycles. The highest BCUT2D eigenvalue weighted by atomic mass is 16.2. The Kier molecular flexibility index (Phi) is 6.06. The summed E-state index contributed by atoms with van der Waals surface area (Å²) in [5.41, 5.74) is 4.38. The van der Waals surface area contributed by atoms with Crippen molar-refractivity contribution in [3.8, 4) is 0 Å². The summed E-state index contributed by atoms with van der Waals surface area (Å²) in [5, 5.41) is 2.99. The van der Waals surface area contributed by atoms with E-state index in [1.54, 1.807) is 11.1 Å². The number of hydrogen-bond acceptors (Lipinski definition) is 4. The SMILES string of the molecule is Cc1cc2nc(CCC(=O)N3CCC(C(=O)NCCn4ccnc4C)C3)[nH]c2cc1C. The van der Waals surface area contributed by atoms with E-state index < -0.39 is 0 Å². The third kappa shape index (κ3) is 4.78. The van der Waals surface area contributed by atoms with Gasteiger partial charge in [-0.1, -0.05) is 0 Å². The van der Waals surface area contributed by atoms with Crippen LogP contribution in [-0.2, 0) is 22.6 Å². The summed E-state index contributed by atoms with van der Waals surface area (Å²) in [6, 6.07) is 4.17. The molecule has 3 aromatic rings. The monoisotopic (exact) mass is 422 g/mol. The molecular weight excluding hydrogens is 392 g/mol. The Labute approximate surface area is 182 Å². The van der Waals surface area contributed by atoms with E-state index in [9.17, 15) is 9.59 Å². The number of amides is 2. The lowest BCUT2D eigenvalue weighted by Crippen LogP contribution is -2.36. The van der Waals surface area contributed by atoms with Crippen molar-refractivity contribution in [1.82, 2.24) is 29.7 Å². The number of rotatable bonds is 7. The van der Waals surface area contributed by atoms with Crippen LogP contribution in [-0.4, -0.2) is 55.9 Å². The van der Waals surface area contributed by atoms with E-state index in [1.807, 2.05) is 17.7 Å². The molecule has 0 saturated carbocycles. The minimum atomic E-state index is -0.134. The molecule has 1 aliphatic rings. The molecule has 1 aliphatic heterocycles. The number of benzene rings is 1. The standard InChI is InChI=1S/C23H30N6O2/c1-15-12-19-20(13-16(15)2)27-21(26-19)4-5-22(30)29-9-6-18(14-29)23(31)25-8-11-28-10-7-24-17(28)3/h7,10,12-13,18H,4-6,8-9,11,14H2,1-3H3,(H,25,31)(H,26,27). The molecule has 164 valence electrons. The van der Waals surface area contributed by atoms with E-state index in [-0.39, 0.29) is 17.7 Å². The van der Waals surface area contributed by atoms with Crippen LogP contribution in [0.5, 0.6) is 0 Å². The highest BCUT2D eigenvalue weighted by Gasteiger charge is 2.30. The van der Waals surface area contributed by atoms with Crippen LogP contribution >= 0.6 is 0 Å². The Morgan fingerprint density at radius 3 is 2.81 bits per heavy atom. The van der Waals surface area contributed by atoms with Crippen molar-refractivity contribution < 1.29 is 9.59 Å². The van der Waals surface area contributed by atoms with Gasteiger partial charge in [0.1, 0.15) is 11.6 Å². The Balaban J connectivity index is 1.23. The van der Waals surface area contributed by atoms with Crippen LogP contribution in [0.1, 0.15) is 35.6 Å². The molecule has 3 heterocycles. The lowest BCUT2D eigenvalue weighted by molar-refractivity contribution is -0.130. The maximum atomic E-state index is 12.7. The zero-order valence-corrected chi connectivity index (χ0v) is 18.4. The van der Waals surface area contributed by atoms with Crippen molar-refractivity contribution in [3.63, 3.8) is 0 Å². The van der Waals surface area contributed by atoms with Crippen LogP contribution in [0.2, 0.25) is 0 Å². The molecule has 1 unspecified atom stereocenters. The normalized spacial score (nSPS) is 16.2. The topological polar surface area (TPSA) is 95.9 Å². The number of hydrogen-bond donors (Lipinski definition) is 2. The average molecular weight is 423 g/mol. The number of nitrogens with zero attached hydrogens (tertiary/aromatic N) is 4. The van der Waals surface area contributed by atoms with Crippen LogP contribution < -0.4 is 5.32 Å². The third-order valence-electron chi connectivity index (χ3n) is 6.21. The summed E-state index contributed by atoms with van der Waals surface area (Å²) in [5.74, 6) is 1.73. The highest BCUT2D eigenvalue weighted by molar-refractivity contribution is 5.82. The van der Waals surface area contributed by atoms with Gasteiger partial charge in [-0.3, -0.25) is 9.59 Å². The van der Waals surface area contributed by atoms with E-state index in [1.165, 1.54) is 11.1 Å². The van der Waals surface area contributed by atoms with Crippen LogP contribution in [0, 0.1) is 26.7 Å². The molecule has 31 heavy (non-hydrogen) atoms. The fourth-order valence-electron chi connectivity index (χ4n) is 4.11. The molecule has 0 aliphatic carbocycles. The summed E-state index contributed by atoms with van der Waals surface area (Å²) in [4.78, 5) is 39.1. The van der Waals surface area contributed by atoms with Crippen molar-refractivity contribution in [1.29, 1.82) is 0 Å². The zero-order chi connectivity index (χ0) is 22.0. The first-order valence-corrected chi connectivity index (χ1v) is 10.9. The molecule has 4 rings (SSSR count). The Morgan fingerprint density at radius 1 is 1.23 bits per heavy atom. The molecule has 2 aromatic heterocycles. The maximum Gasteiger partial charge on any atom is 0.225 e. The fraction of sp³-hybridized carbons (Fsp3) is 0.478. The summed E-state index contributed by atoms with van der Waals surface area (Å²) >= 11 is 0. The van der Waals surface area contributed by atoms with Crippen LogP contribution in [0.15, 0.2) is 24.5 Å². The van der Waals surface area contributed by atoms with Crippen LogP contribution in [0.3, 0.4) is 0 Å². The van der Waals surface area contributed by atoms with Crippen LogP contribution in [0.4, 0.5) is 0 Å². The number of H-pyrrole nitrogens is 1. The van der Waals surface area contributed by atoms with Gasteiger partial charge in [-0.2, -0.15) is 0 Å². The predicted octanol–water partition coefficient (Wildman–Crippen LogP) is 2.28. The van der Waals surface area contributed by atoms with Gasteiger partial charge in [0, 0.05) is 51.4 Å². The number of fused-ring (bicyclic) bond motifs is 1. The summed E-state index contributed by atoms with van der Waals surface area (Å²) in [6.45, 7) is 8.48. The van der Waals surface area contributed by atoms with E-state index in [0.29, 0.717) is 45.4 Å². The zero-order valence-electron chi connectivity index (χ0n) is 18.4. The lowest BCUT2D eigenvalue weighted by atomic mass is 10.1. The molecule has 1 fully saturated rings. The quantitative estimate of drug-likeness (QED) is 0.611. The lowest BCUT2D eigenvalue weighted by Gasteiger charge is -2.16. The summed E-state index contributed by atoms with van der Waals surface area (Å²) in [6.07, 6.45) is 5.34. The summed E-state index contributed by atoms with van der Waals surface area (Å²) in [7, 11) is 0. The van der Waals surface area contributed by atoms with Crippen molar-refractivity contribution in [2.75, 3.05) is 19.6 Å². The molecule has 1 saturated heterocycles. The van der Waals surface area contributed by atoms with Gasteiger partial charge in [-0.25, -0.2) is 9.97 Å². The molecule has 0 bridgehead atoms. The van der Waals surface area contributed by atoms with E-state index in [4.69, 9.17) is 0 Å². The van der Waals surface area contributed by atoms with Gasteiger partial charge in [-0.15, -0.1) is 0 Å². The first kappa shape index (κ1) is 21.1. The molecular formula is C23H30N6O2.